The van der Waals surface area contributed by atoms with Crippen molar-refractivity contribution in [2.75, 3.05) is 24.0 Å². The highest BCUT2D eigenvalue weighted by molar-refractivity contribution is 5.43. The molecule has 0 aromatic carbocycles. The summed E-state index contributed by atoms with van der Waals surface area (Å²) < 4.78 is 13.3. The summed E-state index contributed by atoms with van der Waals surface area (Å²) in [7, 11) is 1.63. The fourth-order valence-electron chi connectivity index (χ4n) is 1.01. The summed E-state index contributed by atoms with van der Waals surface area (Å²) >= 11 is 0. The van der Waals surface area contributed by atoms with Crippen LogP contribution < -0.4 is 16.2 Å². The third kappa shape index (κ3) is 2.51. The zero-order valence-electron chi connectivity index (χ0n) is 8.61. The predicted octanol–water partition coefficient (Wildman–Crippen LogP) is -0.282. The molecule has 1 atom stereocenters. The molecule has 6 nitrogen and oxygen atoms in total. The van der Waals surface area contributed by atoms with Gasteiger partial charge in [-0.2, -0.15) is 4.98 Å². The van der Waals surface area contributed by atoms with Gasteiger partial charge in [-0.25, -0.2) is 15.2 Å². The minimum atomic E-state index is -0.559. The van der Waals surface area contributed by atoms with Crippen LogP contribution in [0, 0.1) is 5.82 Å². The van der Waals surface area contributed by atoms with Crippen LogP contribution in [0.3, 0.4) is 0 Å². The van der Waals surface area contributed by atoms with Crippen LogP contribution in [0.25, 0.3) is 0 Å². The summed E-state index contributed by atoms with van der Waals surface area (Å²) in [6, 6.07) is -0.236. The van der Waals surface area contributed by atoms with E-state index in [-0.39, 0.29) is 24.4 Å². The van der Waals surface area contributed by atoms with E-state index in [4.69, 9.17) is 10.9 Å². The van der Waals surface area contributed by atoms with E-state index in [9.17, 15) is 4.39 Å². The Labute approximate surface area is 86.9 Å². The average molecular weight is 215 g/mol. The third-order valence-corrected chi connectivity index (χ3v) is 2.11. The first-order chi connectivity index (χ1) is 7.10. The van der Waals surface area contributed by atoms with Crippen LogP contribution in [0.5, 0.6) is 0 Å². The van der Waals surface area contributed by atoms with Gasteiger partial charge < -0.3 is 10.0 Å². The SMILES string of the molecule is CC(CO)N(C)c1nc(NN)ncc1F. The quantitative estimate of drug-likeness (QED) is 0.473. The maximum atomic E-state index is 13.3. The highest BCUT2D eigenvalue weighted by atomic mass is 19.1. The van der Waals surface area contributed by atoms with Gasteiger partial charge in [0.2, 0.25) is 5.95 Å². The number of anilines is 2. The highest BCUT2D eigenvalue weighted by Gasteiger charge is 2.15. The summed E-state index contributed by atoms with van der Waals surface area (Å²) in [5.41, 5.74) is 2.23. The van der Waals surface area contributed by atoms with E-state index in [2.05, 4.69) is 15.4 Å². The normalized spacial score (nSPS) is 12.3. The van der Waals surface area contributed by atoms with Gasteiger partial charge in [-0.05, 0) is 6.92 Å². The predicted molar refractivity (Wildman–Crippen MR) is 54.8 cm³/mol. The number of aliphatic hydroxyl groups is 1. The van der Waals surface area contributed by atoms with Crippen molar-refractivity contribution in [3.8, 4) is 0 Å². The van der Waals surface area contributed by atoms with Crippen LogP contribution >= 0.6 is 0 Å². The van der Waals surface area contributed by atoms with E-state index in [1.807, 2.05) is 0 Å². The van der Waals surface area contributed by atoms with E-state index in [1.165, 1.54) is 4.90 Å². The third-order valence-electron chi connectivity index (χ3n) is 2.11. The Hall–Kier alpha value is -1.47. The summed E-state index contributed by atoms with van der Waals surface area (Å²) in [4.78, 5) is 8.98. The molecule has 0 saturated heterocycles. The molecule has 4 N–H and O–H groups in total. The molecule has 0 amide bonds. The topological polar surface area (TPSA) is 87.3 Å². The van der Waals surface area contributed by atoms with E-state index in [1.54, 1.807) is 14.0 Å². The highest BCUT2D eigenvalue weighted by Crippen LogP contribution is 2.17. The molecule has 7 heteroatoms. The molecular weight excluding hydrogens is 201 g/mol. The van der Waals surface area contributed by atoms with Gasteiger partial charge in [-0.1, -0.05) is 0 Å². The number of hydrogen-bond donors (Lipinski definition) is 3. The number of rotatable bonds is 4. The Morgan fingerprint density at radius 3 is 2.93 bits per heavy atom. The summed E-state index contributed by atoms with van der Waals surface area (Å²) in [5.74, 6) is 4.78. The van der Waals surface area contributed by atoms with Crippen molar-refractivity contribution in [2.24, 2.45) is 5.84 Å². The molecule has 84 valence electrons. The number of aromatic nitrogens is 2. The molecule has 0 aliphatic rings. The minimum Gasteiger partial charge on any atom is -0.394 e. The zero-order chi connectivity index (χ0) is 11.4. The maximum absolute atomic E-state index is 13.3. The van der Waals surface area contributed by atoms with Crippen LogP contribution in [-0.2, 0) is 0 Å². The van der Waals surface area contributed by atoms with Gasteiger partial charge in [0.15, 0.2) is 11.6 Å². The largest absolute Gasteiger partial charge is 0.394 e. The second-order valence-corrected chi connectivity index (χ2v) is 3.15. The Morgan fingerprint density at radius 2 is 2.40 bits per heavy atom. The molecule has 1 aromatic heterocycles. The van der Waals surface area contributed by atoms with Crippen LogP contribution in [0.4, 0.5) is 16.2 Å². The molecule has 0 aliphatic heterocycles. The molecular formula is C8H14FN5O. The molecule has 0 radical (unpaired) electrons. The molecule has 0 bridgehead atoms. The molecule has 1 unspecified atom stereocenters. The van der Waals surface area contributed by atoms with Crippen molar-refractivity contribution >= 4 is 11.8 Å². The number of nitrogen functional groups attached to an aromatic ring is 1. The molecule has 0 spiro atoms. The lowest BCUT2D eigenvalue weighted by atomic mass is 10.3. The lowest BCUT2D eigenvalue weighted by molar-refractivity contribution is 0.269. The van der Waals surface area contributed by atoms with Crippen molar-refractivity contribution in [1.29, 1.82) is 0 Å². The summed E-state index contributed by atoms with van der Waals surface area (Å²) in [6.07, 6.45) is 1.03. The van der Waals surface area contributed by atoms with Crippen molar-refractivity contribution in [3.63, 3.8) is 0 Å². The lowest BCUT2D eigenvalue weighted by Crippen LogP contribution is -2.33. The number of hydrogen-bond acceptors (Lipinski definition) is 6. The second kappa shape index (κ2) is 4.85. The van der Waals surface area contributed by atoms with E-state index in [0.717, 1.165) is 6.20 Å². The molecule has 1 rings (SSSR count). The minimum absolute atomic E-state index is 0.0919. The Morgan fingerprint density at radius 1 is 1.73 bits per heavy atom. The van der Waals surface area contributed by atoms with Crippen molar-refractivity contribution < 1.29 is 9.50 Å². The van der Waals surface area contributed by atoms with E-state index in [0.29, 0.717) is 0 Å². The number of nitrogens with two attached hydrogens (primary N) is 1. The summed E-state index contributed by atoms with van der Waals surface area (Å²) in [5, 5.41) is 8.94. The Balaban J connectivity index is 3.01. The number of nitrogens with zero attached hydrogens (tertiary/aromatic N) is 3. The smallest absolute Gasteiger partial charge is 0.239 e. The zero-order valence-corrected chi connectivity index (χ0v) is 8.61. The van der Waals surface area contributed by atoms with Crippen molar-refractivity contribution in [1.82, 2.24) is 9.97 Å². The van der Waals surface area contributed by atoms with Gasteiger partial charge in [0.1, 0.15) is 0 Å². The standard InChI is InChI=1S/C8H14FN5O/c1-5(4-15)14(2)7-6(9)3-11-8(12-7)13-10/h3,5,15H,4,10H2,1-2H3,(H,11,12,13). The van der Waals surface area contributed by atoms with Crippen molar-refractivity contribution in [3.05, 3.63) is 12.0 Å². The van der Waals surface area contributed by atoms with Crippen molar-refractivity contribution in [2.45, 2.75) is 13.0 Å². The number of halogens is 1. The number of likely N-dealkylation sites (N-methyl/N-ethyl adjacent to an activating group) is 1. The van der Waals surface area contributed by atoms with Gasteiger partial charge in [-0.15, -0.1) is 0 Å². The maximum Gasteiger partial charge on any atom is 0.239 e. The molecule has 1 aromatic rings. The first kappa shape index (κ1) is 11.6. The Bertz CT molecular complexity index is 335. The fraction of sp³-hybridized carbons (Fsp3) is 0.500. The molecule has 0 saturated carbocycles. The van der Waals surface area contributed by atoms with E-state index >= 15 is 0 Å². The Kier molecular flexibility index (Phi) is 3.75. The number of nitrogens with one attached hydrogen (secondary N) is 1. The van der Waals surface area contributed by atoms with Crippen LogP contribution in [0.1, 0.15) is 6.92 Å². The number of hydrazine groups is 1. The van der Waals surface area contributed by atoms with Gasteiger partial charge in [0.25, 0.3) is 0 Å². The first-order valence-electron chi connectivity index (χ1n) is 4.43. The lowest BCUT2D eigenvalue weighted by Gasteiger charge is -2.24. The van der Waals surface area contributed by atoms with Gasteiger partial charge >= 0.3 is 0 Å². The van der Waals surface area contributed by atoms with Crippen LogP contribution in [-0.4, -0.2) is 34.8 Å². The second-order valence-electron chi connectivity index (χ2n) is 3.15. The van der Waals surface area contributed by atoms with Gasteiger partial charge in [-0.3, -0.25) is 5.43 Å². The van der Waals surface area contributed by atoms with Gasteiger partial charge in [0.05, 0.1) is 18.8 Å². The molecule has 0 fully saturated rings. The fourth-order valence-corrected chi connectivity index (χ4v) is 1.01. The van der Waals surface area contributed by atoms with E-state index < -0.39 is 5.82 Å². The van der Waals surface area contributed by atoms with Gasteiger partial charge in [0, 0.05) is 7.05 Å². The average Bonchev–Trinajstić information content (AvgIpc) is 2.27. The summed E-state index contributed by atoms with van der Waals surface area (Å²) in [6.45, 7) is 1.66. The molecule has 1 heterocycles. The number of aliphatic hydroxyl groups excluding tert-OH is 1. The monoisotopic (exact) mass is 215 g/mol. The molecule has 0 aliphatic carbocycles. The van der Waals surface area contributed by atoms with Crippen LogP contribution in [0.15, 0.2) is 6.20 Å². The van der Waals surface area contributed by atoms with Crippen LogP contribution in [0.2, 0.25) is 0 Å². The first-order valence-corrected chi connectivity index (χ1v) is 4.43. The molecule has 15 heavy (non-hydrogen) atoms.